The lowest BCUT2D eigenvalue weighted by Gasteiger charge is -2.07. The minimum Gasteiger partial charge on any atom is -0.506 e. The number of hydrogen-bond donors (Lipinski definition) is 3. The van der Waals surface area contributed by atoms with Crippen molar-refractivity contribution in [2.45, 2.75) is 13.3 Å². The number of nitrogens with one attached hydrogen (secondary N) is 1. The minimum atomic E-state index is -0.233. The largest absolute Gasteiger partial charge is 0.506 e. The number of rotatable bonds is 3. The van der Waals surface area contributed by atoms with Crippen molar-refractivity contribution in [3.63, 3.8) is 0 Å². The van der Waals surface area contributed by atoms with Gasteiger partial charge in [-0.2, -0.15) is 0 Å². The zero-order valence-corrected chi connectivity index (χ0v) is 12.1. The molecule has 1 aromatic carbocycles. The average molecular weight is 296 g/mol. The Kier molecular flexibility index (Phi) is 3.65. The van der Waals surface area contributed by atoms with Crippen molar-refractivity contribution < 1.29 is 15.0 Å². The van der Waals surface area contributed by atoms with Crippen molar-refractivity contribution in [2.24, 2.45) is 0 Å². The smallest absolute Gasteiger partial charge is 0.256 e. The Morgan fingerprint density at radius 2 is 2.09 bits per heavy atom. The first-order valence-corrected chi connectivity index (χ1v) is 7.03. The fraction of sp³-hybridized carbons (Fsp3) is 0.176. The van der Waals surface area contributed by atoms with Gasteiger partial charge in [-0.15, -0.1) is 0 Å². The number of aliphatic hydroxyl groups is 1. The summed E-state index contributed by atoms with van der Waals surface area (Å²) in [5.74, 6) is -0.206. The number of benzene rings is 1. The van der Waals surface area contributed by atoms with Crippen LogP contribution in [0.15, 0.2) is 30.3 Å². The van der Waals surface area contributed by atoms with Gasteiger partial charge in [0.15, 0.2) is 0 Å². The predicted octanol–water partition coefficient (Wildman–Crippen LogP) is 2.12. The van der Waals surface area contributed by atoms with E-state index in [1.165, 1.54) is 0 Å². The lowest BCUT2D eigenvalue weighted by Crippen LogP contribution is -2.04. The number of amides is 1. The third-order valence-corrected chi connectivity index (χ3v) is 3.62. The Morgan fingerprint density at radius 1 is 1.27 bits per heavy atom. The lowest BCUT2D eigenvalue weighted by molar-refractivity contribution is -0.110. The second kappa shape index (κ2) is 5.61. The molecule has 0 radical (unpaired) electrons. The third-order valence-electron chi connectivity index (χ3n) is 3.62. The topological polar surface area (TPSA) is 82.5 Å². The quantitative estimate of drug-likeness (QED) is 0.758. The van der Waals surface area contributed by atoms with Crippen LogP contribution in [0.4, 0.5) is 5.69 Å². The van der Waals surface area contributed by atoms with E-state index in [1.807, 2.05) is 25.1 Å². The molecule has 0 fully saturated rings. The molecule has 2 aromatic rings. The highest BCUT2D eigenvalue weighted by atomic mass is 16.3. The first-order chi connectivity index (χ1) is 10.6. The molecule has 0 saturated heterocycles. The summed E-state index contributed by atoms with van der Waals surface area (Å²) in [4.78, 5) is 16.5. The molecule has 3 N–H and O–H groups in total. The molecule has 112 valence electrons. The first kappa shape index (κ1) is 14.3. The van der Waals surface area contributed by atoms with E-state index in [0.29, 0.717) is 23.4 Å². The number of pyridine rings is 1. The maximum atomic E-state index is 12.2. The SMILES string of the molecule is Cc1ccc(O)c(C=C2C(=O)Nc3cccc(CCO)c32)n1. The number of hydrogen-bond acceptors (Lipinski definition) is 4. The molecule has 1 aliphatic heterocycles. The van der Waals surface area contributed by atoms with Crippen molar-refractivity contribution in [1.29, 1.82) is 0 Å². The number of anilines is 1. The summed E-state index contributed by atoms with van der Waals surface area (Å²) in [6.07, 6.45) is 2.05. The molecular formula is C17H16N2O3. The first-order valence-electron chi connectivity index (χ1n) is 7.03. The highest BCUT2D eigenvalue weighted by Crippen LogP contribution is 2.36. The molecule has 5 nitrogen and oxygen atoms in total. The monoisotopic (exact) mass is 296 g/mol. The van der Waals surface area contributed by atoms with E-state index in [9.17, 15) is 15.0 Å². The average Bonchev–Trinajstić information content (AvgIpc) is 2.80. The van der Waals surface area contributed by atoms with Gasteiger partial charge in [0.25, 0.3) is 5.91 Å². The second-order valence-electron chi connectivity index (χ2n) is 5.18. The van der Waals surface area contributed by atoms with Crippen LogP contribution in [0, 0.1) is 6.92 Å². The predicted molar refractivity (Wildman–Crippen MR) is 84.4 cm³/mol. The molecule has 3 rings (SSSR count). The van der Waals surface area contributed by atoms with E-state index in [0.717, 1.165) is 16.8 Å². The van der Waals surface area contributed by atoms with Crippen molar-refractivity contribution >= 4 is 23.2 Å². The molecule has 0 unspecified atom stereocenters. The molecule has 0 spiro atoms. The number of nitrogens with zero attached hydrogens (tertiary/aromatic N) is 1. The van der Waals surface area contributed by atoms with Crippen molar-refractivity contribution in [3.05, 3.63) is 52.8 Å². The van der Waals surface area contributed by atoms with E-state index in [4.69, 9.17) is 0 Å². The van der Waals surface area contributed by atoms with Crippen molar-refractivity contribution in [3.8, 4) is 5.75 Å². The van der Waals surface area contributed by atoms with Gasteiger partial charge in [-0.05, 0) is 43.2 Å². The number of fused-ring (bicyclic) bond motifs is 1. The van der Waals surface area contributed by atoms with Crippen LogP contribution in [-0.4, -0.2) is 27.7 Å². The van der Waals surface area contributed by atoms with Crippen LogP contribution in [0.1, 0.15) is 22.5 Å². The van der Waals surface area contributed by atoms with Gasteiger partial charge in [0.05, 0.1) is 5.57 Å². The van der Waals surface area contributed by atoms with Crippen LogP contribution >= 0.6 is 0 Å². The van der Waals surface area contributed by atoms with Gasteiger partial charge in [0, 0.05) is 23.6 Å². The van der Waals surface area contributed by atoms with Crippen LogP contribution in [0.5, 0.6) is 5.75 Å². The molecule has 1 amide bonds. The summed E-state index contributed by atoms with van der Waals surface area (Å²) < 4.78 is 0. The van der Waals surface area contributed by atoms with E-state index >= 15 is 0 Å². The van der Waals surface area contributed by atoms with E-state index in [1.54, 1.807) is 18.2 Å². The Balaban J connectivity index is 2.15. The number of aryl methyl sites for hydroxylation is 1. The van der Waals surface area contributed by atoms with Crippen LogP contribution < -0.4 is 5.32 Å². The number of aliphatic hydroxyl groups excluding tert-OH is 1. The van der Waals surface area contributed by atoms with Crippen LogP contribution in [-0.2, 0) is 11.2 Å². The molecule has 0 atom stereocenters. The molecule has 22 heavy (non-hydrogen) atoms. The number of aromatic nitrogens is 1. The molecule has 0 saturated carbocycles. The Morgan fingerprint density at radius 3 is 2.86 bits per heavy atom. The highest BCUT2D eigenvalue weighted by Gasteiger charge is 2.26. The van der Waals surface area contributed by atoms with Gasteiger partial charge in [-0.3, -0.25) is 4.79 Å². The van der Waals surface area contributed by atoms with Crippen LogP contribution in [0.3, 0.4) is 0 Å². The molecule has 1 aliphatic rings. The van der Waals surface area contributed by atoms with Crippen LogP contribution in [0.25, 0.3) is 11.6 Å². The summed E-state index contributed by atoms with van der Waals surface area (Å²) in [6.45, 7) is 1.83. The number of carbonyl (C=O) groups is 1. The maximum Gasteiger partial charge on any atom is 0.256 e. The minimum absolute atomic E-state index is 0.00582. The Hall–Kier alpha value is -2.66. The second-order valence-corrected chi connectivity index (χ2v) is 5.18. The van der Waals surface area contributed by atoms with E-state index in [2.05, 4.69) is 10.3 Å². The number of aromatic hydroxyl groups is 1. The Bertz CT molecular complexity index is 781. The summed E-state index contributed by atoms with van der Waals surface area (Å²) in [6, 6.07) is 8.81. The molecule has 1 aromatic heterocycles. The van der Waals surface area contributed by atoms with Crippen molar-refractivity contribution in [2.75, 3.05) is 11.9 Å². The number of carbonyl (C=O) groups excluding carboxylic acids is 1. The van der Waals surface area contributed by atoms with Gasteiger partial charge in [0.2, 0.25) is 0 Å². The molecular weight excluding hydrogens is 280 g/mol. The third kappa shape index (κ3) is 2.46. The lowest BCUT2D eigenvalue weighted by atomic mass is 9.97. The van der Waals surface area contributed by atoms with Gasteiger partial charge in [-0.1, -0.05) is 12.1 Å². The molecule has 0 bridgehead atoms. The van der Waals surface area contributed by atoms with Crippen LogP contribution in [0.2, 0.25) is 0 Å². The van der Waals surface area contributed by atoms with Crippen molar-refractivity contribution in [1.82, 2.24) is 4.98 Å². The van der Waals surface area contributed by atoms with Gasteiger partial charge >= 0.3 is 0 Å². The van der Waals surface area contributed by atoms with Gasteiger partial charge in [-0.25, -0.2) is 4.98 Å². The van der Waals surface area contributed by atoms with E-state index < -0.39 is 0 Å². The fourth-order valence-electron chi connectivity index (χ4n) is 2.60. The van der Waals surface area contributed by atoms with E-state index in [-0.39, 0.29) is 18.3 Å². The molecule has 2 heterocycles. The summed E-state index contributed by atoms with van der Waals surface area (Å²) in [5.41, 5.74) is 3.94. The molecule has 0 aliphatic carbocycles. The normalized spacial score (nSPS) is 15.0. The zero-order chi connectivity index (χ0) is 15.7. The highest BCUT2D eigenvalue weighted by molar-refractivity contribution is 6.35. The standard InChI is InChI=1S/C17H16N2O3/c1-10-5-6-15(21)14(18-10)9-12-16-11(7-8-20)3-2-4-13(16)19-17(12)22/h2-6,9,20-21H,7-8H2,1H3,(H,19,22). The summed E-state index contributed by atoms with van der Waals surface area (Å²) in [5, 5.41) is 21.9. The maximum absolute atomic E-state index is 12.2. The fourth-order valence-corrected chi connectivity index (χ4v) is 2.60. The summed E-state index contributed by atoms with van der Waals surface area (Å²) >= 11 is 0. The van der Waals surface area contributed by atoms with Gasteiger partial charge in [0.1, 0.15) is 11.4 Å². The summed E-state index contributed by atoms with van der Waals surface area (Å²) in [7, 11) is 0. The Labute approximate surface area is 128 Å². The molecule has 5 heteroatoms. The van der Waals surface area contributed by atoms with Gasteiger partial charge < -0.3 is 15.5 Å². The zero-order valence-electron chi connectivity index (χ0n) is 12.1.